The first kappa shape index (κ1) is 22.4. The van der Waals surface area contributed by atoms with Crippen molar-refractivity contribution in [2.75, 3.05) is 13.2 Å². The normalized spacial score (nSPS) is 26.6. The molecule has 8 nitrogen and oxygen atoms in total. The number of amides is 4. The van der Waals surface area contributed by atoms with Gasteiger partial charge in [-0.2, -0.15) is 0 Å². The lowest BCUT2D eigenvalue weighted by Gasteiger charge is -2.56. The van der Waals surface area contributed by atoms with Crippen molar-refractivity contribution in [3.8, 4) is 0 Å². The van der Waals surface area contributed by atoms with Gasteiger partial charge in [-0.3, -0.25) is 19.7 Å². The number of rotatable bonds is 6. The fourth-order valence-electron chi connectivity index (χ4n) is 6.48. The van der Waals surface area contributed by atoms with Crippen LogP contribution in [0.2, 0.25) is 0 Å². The maximum atomic E-state index is 12.4. The number of benzene rings is 2. The summed E-state index contributed by atoms with van der Waals surface area (Å²) in [6, 6.07) is 12.4. The fraction of sp³-hybridized carbons (Fsp3) is 0.462. The lowest BCUT2D eigenvalue weighted by atomic mass is 9.53. The number of hydrogen-bond donors (Lipinski definition) is 3. The Morgan fingerprint density at radius 1 is 0.882 bits per heavy atom. The average Bonchev–Trinajstić information content (AvgIpc) is 2.79. The quantitative estimate of drug-likeness (QED) is 0.570. The van der Waals surface area contributed by atoms with Crippen LogP contribution < -0.4 is 16.0 Å². The molecule has 4 bridgehead atoms. The molecule has 4 aliphatic rings. The minimum absolute atomic E-state index is 0.206. The monoisotopic (exact) mass is 463 g/mol. The van der Waals surface area contributed by atoms with Gasteiger partial charge in [-0.05, 0) is 79.2 Å². The third-order valence-electron chi connectivity index (χ3n) is 7.44. The van der Waals surface area contributed by atoms with Gasteiger partial charge in [-0.25, -0.2) is 4.79 Å². The van der Waals surface area contributed by atoms with Crippen molar-refractivity contribution >= 4 is 34.6 Å². The van der Waals surface area contributed by atoms with E-state index in [0.717, 1.165) is 30.0 Å². The average molecular weight is 464 g/mol. The first-order chi connectivity index (χ1) is 16.4. The van der Waals surface area contributed by atoms with Crippen LogP contribution in [0.4, 0.5) is 4.79 Å². The van der Waals surface area contributed by atoms with E-state index >= 15 is 0 Å². The number of imide groups is 1. The second-order valence-electron chi connectivity index (χ2n) is 10.1. The number of nitrogens with one attached hydrogen (secondary N) is 3. The van der Waals surface area contributed by atoms with Crippen LogP contribution in [0, 0.1) is 17.8 Å². The SMILES string of the molecule is O=C(COC(=O)CNC(=O)c1ccc2ccccc2c1)NC(=O)NC12CC3CC(CC(C3)C1)C2. The van der Waals surface area contributed by atoms with E-state index in [0.29, 0.717) is 23.3 Å². The Labute approximate surface area is 197 Å². The van der Waals surface area contributed by atoms with Crippen molar-refractivity contribution in [2.45, 2.75) is 44.1 Å². The molecule has 0 spiro atoms. The number of ether oxygens (including phenoxy) is 1. The number of urea groups is 1. The Morgan fingerprint density at radius 3 is 2.21 bits per heavy atom. The number of fused-ring (bicyclic) bond motifs is 1. The van der Waals surface area contributed by atoms with Crippen molar-refractivity contribution in [3.05, 3.63) is 48.0 Å². The van der Waals surface area contributed by atoms with E-state index in [2.05, 4.69) is 16.0 Å². The van der Waals surface area contributed by atoms with E-state index in [1.165, 1.54) is 19.3 Å². The standard InChI is InChI=1S/C26H29N3O5/c30-22(28-25(33)29-26-11-16-7-17(12-26)9-18(8-16)13-26)15-34-23(31)14-27-24(32)21-6-5-19-3-1-2-4-20(19)10-21/h1-6,10,16-18H,7-9,11-15H2,(H,27,32)(H2,28,29,30,33). The Kier molecular flexibility index (Phi) is 5.98. The van der Waals surface area contributed by atoms with Crippen LogP contribution in [0.25, 0.3) is 10.8 Å². The number of carbonyl (C=O) groups is 4. The van der Waals surface area contributed by atoms with Gasteiger partial charge in [0.2, 0.25) is 0 Å². The van der Waals surface area contributed by atoms with Crippen molar-refractivity contribution < 1.29 is 23.9 Å². The van der Waals surface area contributed by atoms with Crippen molar-refractivity contribution in [1.29, 1.82) is 0 Å². The molecule has 0 saturated heterocycles. The summed E-state index contributed by atoms with van der Waals surface area (Å²) in [6.07, 6.45) is 6.71. The summed E-state index contributed by atoms with van der Waals surface area (Å²) in [5.41, 5.74) is 0.216. The van der Waals surface area contributed by atoms with Gasteiger partial charge in [0, 0.05) is 11.1 Å². The summed E-state index contributed by atoms with van der Waals surface area (Å²) in [4.78, 5) is 48.8. The zero-order valence-corrected chi connectivity index (χ0v) is 19.0. The summed E-state index contributed by atoms with van der Waals surface area (Å²) in [7, 11) is 0. The molecule has 4 saturated carbocycles. The molecule has 4 fully saturated rings. The molecule has 178 valence electrons. The topological polar surface area (TPSA) is 114 Å². The van der Waals surface area contributed by atoms with Crippen LogP contribution in [0.5, 0.6) is 0 Å². The molecule has 34 heavy (non-hydrogen) atoms. The summed E-state index contributed by atoms with van der Waals surface area (Å²) < 4.78 is 4.91. The van der Waals surface area contributed by atoms with Crippen molar-refractivity contribution in [1.82, 2.24) is 16.0 Å². The molecule has 0 aliphatic heterocycles. The van der Waals surface area contributed by atoms with Gasteiger partial charge in [-0.1, -0.05) is 30.3 Å². The van der Waals surface area contributed by atoms with Crippen LogP contribution >= 0.6 is 0 Å². The molecule has 2 aromatic rings. The van der Waals surface area contributed by atoms with E-state index in [1.54, 1.807) is 12.1 Å². The maximum absolute atomic E-state index is 12.4. The van der Waals surface area contributed by atoms with E-state index < -0.39 is 30.4 Å². The Morgan fingerprint density at radius 2 is 1.53 bits per heavy atom. The molecule has 0 unspecified atom stereocenters. The largest absolute Gasteiger partial charge is 0.454 e. The Balaban J connectivity index is 1.04. The minimum atomic E-state index is -0.759. The molecule has 0 atom stereocenters. The zero-order chi connectivity index (χ0) is 23.7. The highest BCUT2D eigenvalue weighted by Crippen LogP contribution is 2.55. The molecule has 4 aliphatic carbocycles. The smallest absolute Gasteiger partial charge is 0.325 e. The second-order valence-corrected chi connectivity index (χ2v) is 10.1. The van der Waals surface area contributed by atoms with E-state index in [1.807, 2.05) is 30.3 Å². The molecule has 4 amide bonds. The van der Waals surface area contributed by atoms with Crippen molar-refractivity contribution in [3.63, 3.8) is 0 Å². The van der Waals surface area contributed by atoms with Crippen LogP contribution in [0.1, 0.15) is 48.9 Å². The summed E-state index contributed by atoms with van der Waals surface area (Å²) >= 11 is 0. The van der Waals surface area contributed by atoms with Gasteiger partial charge >= 0.3 is 12.0 Å². The molecular formula is C26H29N3O5. The highest BCUT2D eigenvalue weighted by atomic mass is 16.5. The number of hydrogen-bond acceptors (Lipinski definition) is 5. The predicted octanol–water partition coefficient (Wildman–Crippen LogP) is 2.91. The lowest BCUT2D eigenvalue weighted by Crippen LogP contribution is -2.62. The van der Waals surface area contributed by atoms with Gasteiger partial charge in [0.25, 0.3) is 11.8 Å². The minimum Gasteiger partial charge on any atom is -0.454 e. The number of carbonyl (C=O) groups excluding carboxylic acids is 4. The van der Waals surface area contributed by atoms with Crippen LogP contribution in [-0.2, 0) is 14.3 Å². The highest BCUT2D eigenvalue weighted by molar-refractivity contribution is 6.00. The van der Waals surface area contributed by atoms with Crippen LogP contribution in [0.15, 0.2) is 42.5 Å². The molecule has 6 rings (SSSR count). The van der Waals surface area contributed by atoms with Crippen LogP contribution in [0.3, 0.4) is 0 Å². The highest BCUT2D eigenvalue weighted by Gasteiger charge is 2.51. The first-order valence-corrected chi connectivity index (χ1v) is 11.9. The molecule has 8 heteroatoms. The maximum Gasteiger partial charge on any atom is 0.325 e. The predicted molar refractivity (Wildman–Crippen MR) is 125 cm³/mol. The lowest BCUT2D eigenvalue weighted by molar-refractivity contribution is -0.147. The summed E-state index contributed by atoms with van der Waals surface area (Å²) in [5, 5.41) is 9.73. The third kappa shape index (κ3) is 4.90. The van der Waals surface area contributed by atoms with Crippen LogP contribution in [-0.4, -0.2) is 42.5 Å². The molecule has 2 aromatic carbocycles. The molecule has 0 radical (unpaired) electrons. The van der Waals surface area contributed by atoms with E-state index in [9.17, 15) is 19.2 Å². The van der Waals surface area contributed by atoms with E-state index in [-0.39, 0.29) is 12.1 Å². The van der Waals surface area contributed by atoms with Crippen molar-refractivity contribution in [2.24, 2.45) is 17.8 Å². The number of esters is 1. The molecular weight excluding hydrogens is 434 g/mol. The van der Waals surface area contributed by atoms with Gasteiger partial charge in [0.1, 0.15) is 6.54 Å². The first-order valence-electron chi connectivity index (χ1n) is 11.9. The van der Waals surface area contributed by atoms with Gasteiger partial charge < -0.3 is 15.4 Å². The Hall–Kier alpha value is -3.42. The molecule has 0 aromatic heterocycles. The van der Waals surface area contributed by atoms with Gasteiger partial charge in [-0.15, -0.1) is 0 Å². The van der Waals surface area contributed by atoms with Gasteiger partial charge in [0.05, 0.1) is 0 Å². The summed E-state index contributed by atoms with van der Waals surface area (Å²) in [5.74, 6) is 0.151. The molecule has 3 N–H and O–H groups in total. The fourth-order valence-corrected chi connectivity index (χ4v) is 6.48. The summed E-state index contributed by atoms with van der Waals surface area (Å²) in [6.45, 7) is -0.961. The molecule has 0 heterocycles. The van der Waals surface area contributed by atoms with Gasteiger partial charge in [0.15, 0.2) is 6.61 Å². The Bertz CT molecular complexity index is 1110. The zero-order valence-electron chi connectivity index (χ0n) is 19.0. The second kappa shape index (κ2) is 9.08. The third-order valence-corrected chi connectivity index (χ3v) is 7.44. The van der Waals surface area contributed by atoms with E-state index in [4.69, 9.17) is 4.74 Å².